The van der Waals surface area contributed by atoms with Crippen molar-refractivity contribution in [3.8, 4) is 0 Å². The van der Waals surface area contributed by atoms with Crippen LogP contribution in [0, 0.1) is 0 Å². The van der Waals surface area contributed by atoms with Gasteiger partial charge >= 0.3 is 5.97 Å². The van der Waals surface area contributed by atoms with E-state index < -0.39 is 35.9 Å². The molecule has 0 radical (unpaired) electrons. The van der Waals surface area contributed by atoms with Crippen LogP contribution in [0.25, 0.3) is 10.8 Å². The SMILES string of the molecule is C[C@@H](NC(=O)[C@@H](N)Cc1ccc2ccccc2c1)C(=O)N[C@H](CCS)C(=O)O. The Labute approximate surface area is 169 Å². The summed E-state index contributed by atoms with van der Waals surface area (Å²) in [5, 5.41) is 16.2. The number of nitrogens with two attached hydrogens (primary N) is 1. The van der Waals surface area contributed by atoms with Gasteiger partial charge in [-0.05, 0) is 41.9 Å². The number of aliphatic carboxylic acids is 1. The second-order valence-corrected chi connectivity index (χ2v) is 7.08. The molecule has 0 aliphatic heterocycles. The minimum absolute atomic E-state index is 0.187. The van der Waals surface area contributed by atoms with E-state index >= 15 is 0 Å². The van der Waals surface area contributed by atoms with E-state index in [1.54, 1.807) is 0 Å². The van der Waals surface area contributed by atoms with Crippen molar-refractivity contribution in [2.75, 3.05) is 5.75 Å². The zero-order valence-electron chi connectivity index (χ0n) is 15.6. The van der Waals surface area contributed by atoms with Gasteiger partial charge < -0.3 is 21.5 Å². The molecule has 3 atom stereocenters. The Morgan fingerprint density at radius 3 is 2.39 bits per heavy atom. The van der Waals surface area contributed by atoms with Gasteiger partial charge in [0.05, 0.1) is 6.04 Å². The minimum atomic E-state index is -1.14. The molecular weight excluding hydrogens is 378 g/mol. The molecule has 5 N–H and O–H groups in total. The molecule has 0 aliphatic carbocycles. The molecule has 0 saturated carbocycles. The van der Waals surface area contributed by atoms with E-state index in [0.717, 1.165) is 16.3 Å². The zero-order valence-corrected chi connectivity index (χ0v) is 16.5. The van der Waals surface area contributed by atoms with E-state index in [4.69, 9.17) is 10.8 Å². The van der Waals surface area contributed by atoms with E-state index in [0.29, 0.717) is 12.2 Å². The smallest absolute Gasteiger partial charge is 0.326 e. The summed E-state index contributed by atoms with van der Waals surface area (Å²) >= 11 is 3.98. The van der Waals surface area contributed by atoms with E-state index in [-0.39, 0.29) is 6.42 Å². The highest BCUT2D eigenvalue weighted by Gasteiger charge is 2.24. The van der Waals surface area contributed by atoms with Crippen molar-refractivity contribution >= 4 is 41.2 Å². The average molecular weight is 404 g/mol. The van der Waals surface area contributed by atoms with Crippen LogP contribution < -0.4 is 16.4 Å². The summed E-state index contributed by atoms with van der Waals surface area (Å²) in [6, 6.07) is 11.0. The summed E-state index contributed by atoms with van der Waals surface area (Å²) in [7, 11) is 0. The average Bonchev–Trinajstić information content (AvgIpc) is 2.67. The molecule has 2 aromatic rings. The number of fused-ring (bicyclic) bond motifs is 1. The largest absolute Gasteiger partial charge is 0.480 e. The van der Waals surface area contributed by atoms with Crippen LogP contribution in [-0.4, -0.2) is 46.8 Å². The quantitative estimate of drug-likeness (QED) is 0.402. The Bertz CT molecular complexity index is 858. The highest BCUT2D eigenvalue weighted by molar-refractivity contribution is 7.80. The molecule has 0 saturated heterocycles. The maximum absolute atomic E-state index is 12.3. The summed E-state index contributed by atoms with van der Waals surface area (Å²) in [6.45, 7) is 1.48. The first-order valence-corrected chi connectivity index (χ1v) is 9.62. The van der Waals surface area contributed by atoms with Crippen LogP contribution in [0.3, 0.4) is 0 Å². The number of amides is 2. The van der Waals surface area contributed by atoms with Crippen LogP contribution in [0.15, 0.2) is 42.5 Å². The standard InChI is InChI=1S/C20H25N3O4S/c1-12(18(24)23-17(8-9-28)20(26)27)22-19(25)16(21)11-13-6-7-14-4-2-3-5-15(14)10-13/h2-7,10,12,16-17,28H,8-9,11,21H2,1H3,(H,22,25)(H,23,24)(H,26,27)/t12-,16+,17-/m1/s1. The first-order valence-electron chi connectivity index (χ1n) is 8.99. The summed E-state index contributed by atoms with van der Waals surface area (Å²) in [6.07, 6.45) is 0.509. The number of carbonyl (C=O) groups excluding carboxylic acids is 2. The third-order valence-electron chi connectivity index (χ3n) is 4.39. The van der Waals surface area contributed by atoms with Gasteiger partial charge in [-0.1, -0.05) is 42.5 Å². The number of benzene rings is 2. The molecule has 2 amide bonds. The van der Waals surface area contributed by atoms with Crippen LogP contribution in [-0.2, 0) is 20.8 Å². The molecule has 7 nitrogen and oxygen atoms in total. The molecule has 150 valence electrons. The van der Waals surface area contributed by atoms with Gasteiger partial charge in [-0.15, -0.1) is 0 Å². The molecule has 0 fully saturated rings. The molecule has 28 heavy (non-hydrogen) atoms. The van der Waals surface area contributed by atoms with Crippen molar-refractivity contribution in [3.63, 3.8) is 0 Å². The van der Waals surface area contributed by atoms with Crippen LogP contribution >= 0.6 is 12.6 Å². The van der Waals surface area contributed by atoms with Gasteiger partial charge in [-0.3, -0.25) is 9.59 Å². The summed E-state index contributed by atoms with van der Waals surface area (Å²) in [5.41, 5.74) is 6.91. The molecule has 0 spiro atoms. The predicted molar refractivity (Wildman–Crippen MR) is 111 cm³/mol. The molecule has 0 aliphatic rings. The number of rotatable bonds is 9. The van der Waals surface area contributed by atoms with Gasteiger partial charge in [0.25, 0.3) is 0 Å². The number of carbonyl (C=O) groups is 3. The van der Waals surface area contributed by atoms with Crippen LogP contribution in [0.4, 0.5) is 0 Å². The predicted octanol–water partition coefficient (Wildman–Crippen LogP) is 1.10. The Balaban J connectivity index is 1.92. The third kappa shape index (κ3) is 5.97. The Hall–Kier alpha value is -2.58. The molecule has 2 rings (SSSR count). The highest BCUT2D eigenvalue weighted by atomic mass is 32.1. The lowest BCUT2D eigenvalue weighted by Crippen LogP contribution is -2.53. The fourth-order valence-corrected chi connectivity index (χ4v) is 3.04. The maximum atomic E-state index is 12.3. The van der Waals surface area contributed by atoms with Crippen molar-refractivity contribution < 1.29 is 19.5 Å². The molecule has 2 aromatic carbocycles. The summed E-state index contributed by atoms with van der Waals surface area (Å²) in [5.74, 6) is -1.89. The lowest BCUT2D eigenvalue weighted by molar-refractivity contribution is -0.142. The molecule has 0 heterocycles. The minimum Gasteiger partial charge on any atom is -0.480 e. The molecular formula is C20H25N3O4S. The van der Waals surface area contributed by atoms with Crippen molar-refractivity contribution in [3.05, 3.63) is 48.0 Å². The summed E-state index contributed by atoms with van der Waals surface area (Å²) < 4.78 is 0. The Kier molecular flexibility index (Phi) is 7.83. The molecule has 0 aromatic heterocycles. The van der Waals surface area contributed by atoms with Crippen LogP contribution in [0.5, 0.6) is 0 Å². The number of thiol groups is 1. The van der Waals surface area contributed by atoms with E-state index in [2.05, 4.69) is 23.3 Å². The number of hydrogen-bond acceptors (Lipinski definition) is 5. The van der Waals surface area contributed by atoms with Gasteiger partial charge in [0, 0.05) is 0 Å². The molecule has 0 unspecified atom stereocenters. The number of carboxylic acid groups (broad SMARTS) is 1. The normalized spacial score (nSPS) is 14.1. The van der Waals surface area contributed by atoms with Crippen molar-refractivity contribution in [2.45, 2.75) is 37.9 Å². The van der Waals surface area contributed by atoms with Gasteiger partial charge in [0.1, 0.15) is 12.1 Å². The fraction of sp³-hybridized carbons (Fsp3) is 0.350. The van der Waals surface area contributed by atoms with Crippen molar-refractivity contribution in [2.24, 2.45) is 5.73 Å². The number of carboxylic acids is 1. The lowest BCUT2D eigenvalue weighted by Gasteiger charge is -2.20. The fourth-order valence-electron chi connectivity index (χ4n) is 2.78. The van der Waals surface area contributed by atoms with Crippen LogP contribution in [0.1, 0.15) is 18.9 Å². The van der Waals surface area contributed by atoms with E-state index in [1.165, 1.54) is 6.92 Å². The van der Waals surface area contributed by atoms with Crippen LogP contribution in [0.2, 0.25) is 0 Å². The van der Waals surface area contributed by atoms with Crippen molar-refractivity contribution in [1.29, 1.82) is 0 Å². The number of hydrogen-bond donors (Lipinski definition) is 5. The van der Waals surface area contributed by atoms with E-state index in [9.17, 15) is 14.4 Å². The highest BCUT2D eigenvalue weighted by Crippen LogP contribution is 2.16. The van der Waals surface area contributed by atoms with Gasteiger partial charge in [0.2, 0.25) is 11.8 Å². The topological polar surface area (TPSA) is 122 Å². The third-order valence-corrected chi connectivity index (χ3v) is 4.65. The van der Waals surface area contributed by atoms with Gasteiger partial charge in [-0.25, -0.2) is 4.79 Å². The molecule has 0 bridgehead atoms. The lowest BCUT2D eigenvalue weighted by atomic mass is 10.0. The summed E-state index contributed by atoms with van der Waals surface area (Å²) in [4.78, 5) is 35.6. The Morgan fingerprint density at radius 1 is 1.07 bits per heavy atom. The number of nitrogens with one attached hydrogen (secondary N) is 2. The zero-order chi connectivity index (χ0) is 20.7. The van der Waals surface area contributed by atoms with Gasteiger partial charge in [-0.2, -0.15) is 12.6 Å². The first kappa shape index (κ1) is 21.7. The van der Waals surface area contributed by atoms with Crippen molar-refractivity contribution in [1.82, 2.24) is 10.6 Å². The maximum Gasteiger partial charge on any atom is 0.326 e. The first-order chi connectivity index (χ1) is 13.3. The second kappa shape index (κ2) is 10.1. The second-order valence-electron chi connectivity index (χ2n) is 6.63. The van der Waals surface area contributed by atoms with Gasteiger partial charge in [0.15, 0.2) is 0 Å². The Morgan fingerprint density at radius 2 is 1.75 bits per heavy atom. The van der Waals surface area contributed by atoms with E-state index in [1.807, 2.05) is 42.5 Å². The monoisotopic (exact) mass is 403 g/mol. The molecule has 8 heteroatoms.